The van der Waals surface area contributed by atoms with Crippen molar-refractivity contribution in [3.63, 3.8) is 0 Å². The summed E-state index contributed by atoms with van der Waals surface area (Å²) in [6.07, 6.45) is 8.54. The van der Waals surface area contributed by atoms with Crippen molar-refractivity contribution < 1.29 is 9.53 Å². The van der Waals surface area contributed by atoms with Crippen LogP contribution in [0.1, 0.15) is 39.5 Å². The first-order chi connectivity index (χ1) is 6.24. The van der Waals surface area contributed by atoms with E-state index in [1.54, 1.807) is 0 Å². The molecule has 1 heterocycles. The average Bonchev–Trinajstić information content (AvgIpc) is 2.39. The second-order valence-electron chi connectivity index (χ2n) is 3.66. The fourth-order valence-electron chi connectivity index (χ4n) is 1.53. The molecule has 0 radical (unpaired) electrons. The van der Waals surface area contributed by atoms with E-state index < -0.39 is 0 Å². The molecule has 1 saturated heterocycles. The first-order valence-electron chi connectivity index (χ1n) is 5.11. The molecule has 2 nitrogen and oxygen atoms in total. The van der Waals surface area contributed by atoms with Gasteiger partial charge in [0.1, 0.15) is 6.10 Å². The molecule has 2 heteroatoms. The Morgan fingerprint density at radius 2 is 2.38 bits per heavy atom. The van der Waals surface area contributed by atoms with Crippen LogP contribution in [0, 0.1) is 5.92 Å². The molecule has 0 aliphatic carbocycles. The third-order valence-electron chi connectivity index (χ3n) is 2.30. The van der Waals surface area contributed by atoms with Gasteiger partial charge in [-0.25, -0.2) is 0 Å². The van der Waals surface area contributed by atoms with Crippen molar-refractivity contribution in [3.8, 4) is 0 Å². The van der Waals surface area contributed by atoms with Crippen LogP contribution in [0.15, 0.2) is 12.2 Å². The van der Waals surface area contributed by atoms with Gasteiger partial charge in [0.05, 0.1) is 5.92 Å². The average molecular weight is 182 g/mol. The smallest absolute Gasteiger partial charge is 0.313 e. The van der Waals surface area contributed by atoms with Gasteiger partial charge in [0.25, 0.3) is 0 Å². The highest BCUT2D eigenvalue weighted by Gasteiger charge is 2.29. The molecule has 0 N–H and O–H groups in total. The Morgan fingerprint density at radius 1 is 1.62 bits per heavy atom. The predicted octanol–water partition coefficient (Wildman–Crippen LogP) is 2.68. The number of carbonyl (C=O) groups excluding carboxylic acids is 1. The van der Waals surface area contributed by atoms with Gasteiger partial charge in [0, 0.05) is 6.42 Å². The Hall–Kier alpha value is -0.790. The molecule has 2 atom stereocenters. The largest absolute Gasteiger partial charge is 0.462 e. The highest BCUT2D eigenvalue weighted by atomic mass is 16.5. The Labute approximate surface area is 80.0 Å². The molecule has 0 aromatic heterocycles. The first-order valence-corrected chi connectivity index (χ1v) is 5.11. The van der Waals surface area contributed by atoms with E-state index in [1.165, 1.54) is 12.8 Å². The summed E-state index contributed by atoms with van der Waals surface area (Å²) in [6.45, 7) is 4.11. The van der Waals surface area contributed by atoms with Crippen LogP contribution >= 0.6 is 0 Å². The van der Waals surface area contributed by atoms with Crippen molar-refractivity contribution in [1.29, 1.82) is 0 Å². The highest BCUT2D eigenvalue weighted by molar-refractivity contribution is 5.76. The summed E-state index contributed by atoms with van der Waals surface area (Å²) in [4.78, 5) is 11.2. The molecule has 2 unspecified atom stereocenters. The molecular formula is C11H18O2. The predicted molar refractivity (Wildman–Crippen MR) is 52.3 cm³/mol. The summed E-state index contributed by atoms with van der Waals surface area (Å²) in [7, 11) is 0. The zero-order valence-corrected chi connectivity index (χ0v) is 8.45. The molecular weight excluding hydrogens is 164 g/mol. The Kier molecular flexibility index (Phi) is 4.00. The molecule has 1 aliphatic rings. The number of cyclic esters (lactones) is 1. The molecule has 0 amide bonds. The number of esters is 1. The van der Waals surface area contributed by atoms with Crippen LogP contribution in [0.3, 0.4) is 0 Å². The lowest BCUT2D eigenvalue weighted by molar-refractivity contribution is -0.142. The molecule has 1 fully saturated rings. The van der Waals surface area contributed by atoms with Crippen molar-refractivity contribution in [1.82, 2.24) is 0 Å². The standard InChI is InChI=1S/C11H18O2/c1-3-4-5-6-7-10-8-9(2)13-11(10)12/h6-7,9-10H,3-5,8H2,1-2H3/b7-6+. The Bertz CT molecular complexity index is 196. The van der Waals surface area contributed by atoms with E-state index in [9.17, 15) is 4.79 Å². The van der Waals surface area contributed by atoms with E-state index in [4.69, 9.17) is 4.74 Å². The minimum atomic E-state index is -0.0553. The zero-order valence-electron chi connectivity index (χ0n) is 8.45. The van der Waals surface area contributed by atoms with Gasteiger partial charge in [-0.3, -0.25) is 4.79 Å². The monoisotopic (exact) mass is 182 g/mol. The number of ether oxygens (including phenoxy) is 1. The van der Waals surface area contributed by atoms with Crippen molar-refractivity contribution >= 4 is 5.97 Å². The molecule has 0 spiro atoms. The van der Waals surface area contributed by atoms with Crippen molar-refractivity contribution in [2.75, 3.05) is 0 Å². The summed E-state index contributed by atoms with van der Waals surface area (Å²) in [5.74, 6) is -0.0351. The van der Waals surface area contributed by atoms with Crippen LogP contribution in [-0.4, -0.2) is 12.1 Å². The van der Waals surface area contributed by atoms with Crippen LogP contribution in [0.25, 0.3) is 0 Å². The topological polar surface area (TPSA) is 26.3 Å². The van der Waals surface area contributed by atoms with Crippen LogP contribution in [-0.2, 0) is 9.53 Å². The van der Waals surface area contributed by atoms with Crippen LogP contribution in [0.5, 0.6) is 0 Å². The Morgan fingerprint density at radius 3 is 2.92 bits per heavy atom. The number of unbranched alkanes of at least 4 members (excludes halogenated alkanes) is 2. The van der Waals surface area contributed by atoms with Gasteiger partial charge in [-0.05, 0) is 13.3 Å². The second kappa shape index (κ2) is 5.05. The zero-order chi connectivity index (χ0) is 9.68. The van der Waals surface area contributed by atoms with E-state index in [1.807, 2.05) is 13.0 Å². The minimum Gasteiger partial charge on any atom is -0.462 e. The van der Waals surface area contributed by atoms with Crippen LogP contribution in [0.2, 0.25) is 0 Å². The molecule has 0 bridgehead atoms. The van der Waals surface area contributed by atoms with E-state index in [0.717, 1.165) is 12.8 Å². The van der Waals surface area contributed by atoms with Gasteiger partial charge < -0.3 is 4.74 Å². The fraction of sp³-hybridized carbons (Fsp3) is 0.727. The molecule has 1 rings (SSSR count). The normalized spacial score (nSPS) is 28.3. The maximum Gasteiger partial charge on any atom is 0.313 e. The molecule has 0 saturated carbocycles. The van der Waals surface area contributed by atoms with E-state index in [0.29, 0.717) is 0 Å². The third-order valence-corrected chi connectivity index (χ3v) is 2.30. The van der Waals surface area contributed by atoms with Gasteiger partial charge in [0.15, 0.2) is 0 Å². The van der Waals surface area contributed by atoms with E-state index >= 15 is 0 Å². The molecule has 74 valence electrons. The quantitative estimate of drug-likeness (QED) is 0.379. The maximum absolute atomic E-state index is 11.2. The summed E-state index contributed by atoms with van der Waals surface area (Å²) in [6, 6.07) is 0. The lowest BCUT2D eigenvalue weighted by atomic mass is 10.0. The number of rotatable bonds is 4. The summed E-state index contributed by atoms with van der Waals surface area (Å²) in [5, 5.41) is 0. The van der Waals surface area contributed by atoms with Gasteiger partial charge >= 0.3 is 5.97 Å². The molecule has 0 aromatic carbocycles. The minimum absolute atomic E-state index is 0.0202. The number of carbonyl (C=O) groups is 1. The van der Waals surface area contributed by atoms with E-state index in [-0.39, 0.29) is 18.0 Å². The highest BCUT2D eigenvalue weighted by Crippen LogP contribution is 2.21. The summed E-state index contributed by atoms with van der Waals surface area (Å²) < 4.78 is 5.04. The number of hydrogen-bond donors (Lipinski definition) is 0. The van der Waals surface area contributed by atoms with Gasteiger partial charge in [0.2, 0.25) is 0 Å². The SMILES string of the molecule is CCCC/C=C/C1CC(C)OC1=O. The van der Waals surface area contributed by atoms with E-state index in [2.05, 4.69) is 13.0 Å². The van der Waals surface area contributed by atoms with Gasteiger partial charge in [-0.15, -0.1) is 0 Å². The molecule has 13 heavy (non-hydrogen) atoms. The van der Waals surface area contributed by atoms with Crippen LogP contribution in [0.4, 0.5) is 0 Å². The number of allylic oxidation sites excluding steroid dienone is 1. The van der Waals surface area contributed by atoms with Gasteiger partial charge in [-0.2, -0.15) is 0 Å². The van der Waals surface area contributed by atoms with Crippen molar-refractivity contribution in [2.45, 2.75) is 45.6 Å². The van der Waals surface area contributed by atoms with Gasteiger partial charge in [-0.1, -0.05) is 31.9 Å². The lowest BCUT2D eigenvalue weighted by Crippen LogP contribution is -2.03. The summed E-state index contributed by atoms with van der Waals surface area (Å²) >= 11 is 0. The molecule has 0 aromatic rings. The van der Waals surface area contributed by atoms with Crippen molar-refractivity contribution in [3.05, 3.63) is 12.2 Å². The fourth-order valence-corrected chi connectivity index (χ4v) is 1.53. The lowest BCUT2D eigenvalue weighted by Gasteiger charge is -1.95. The first kappa shape index (κ1) is 10.3. The summed E-state index contributed by atoms with van der Waals surface area (Å²) in [5.41, 5.74) is 0. The van der Waals surface area contributed by atoms with Crippen molar-refractivity contribution in [2.24, 2.45) is 5.92 Å². The molecule has 1 aliphatic heterocycles. The number of hydrogen-bond acceptors (Lipinski definition) is 2. The third kappa shape index (κ3) is 3.21. The maximum atomic E-state index is 11.2. The Balaban J connectivity index is 2.28. The second-order valence-corrected chi connectivity index (χ2v) is 3.66. The van der Waals surface area contributed by atoms with Crippen LogP contribution < -0.4 is 0 Å².